The van der Waals surface area contributed by atoms with Crippen LogP contribution in [0.3, 0.4) is 0 Å². The molecule has 0 aliphatic heterocycles. The predicted molar refractivity (Wildman–Crippen MR) is 60.3 cm³/mol. The number of carbonyl (C=O) groups is 1. The summed E-state index contributed by atoms with van der Waals surface area (Å²) in [6.45, 7) is 4.31. The van der Waals surface area contributed by atoms with Crippen molar-refractivity contribution in [2.75, 3.05) is 0 Å². The fraction of sp³-hybridized carbons (Fsp3) is 0.917. The minimum absolute atomic E-state index is 0.113. The van der Waals surface area contributed by atoms with Crippen LogP contribution in [0.15, 0.2) is 0 Å². The Labute approximate surface area is 91.8 Å². The van der Waals surface area contributed by atoms with E-state index in [2.05, 4.69) is 19.2 Å². The van der Waals surface area contributed by atoms with Gasteiger partial charge in [-0.2, -0.15) is 0 Å². The average molecular weight is 210 g/mol. The zero-order valence-electron chi connectivity index (χ0n) is 9.75. The Morgan fingerprint density at radius 1 is 1.33 bits per heavy atom. The first-order chi connectivity index (χ1) is 6.98. The van der Waals surface area contributed by atoms with Crippen LogP contribution in [0.2, 0.25) is 0 Å². The topological polar surface area (TPSA) is 55.1 Å². The standard InChI is InChI=1S/C12H22N2O/c1-8-5-9(7-10(13)6-8)11(15)14-12(2)3-4-12/h8-10H,3-7,13H2,1-2H3,(H,14,15). The van der Waals surface area contributed by atoms with Crippen LogP contribution < -0.4 is 11.1 Å². The second kappa shape index (κ2) is 3.78. The van der Waals surface area contributed by atoms with Crippen LogP contribution in [0.4, 0.5) is 0 Å². The summed E-state index contributed by atoms with van der Waals surface area (Å²) in [6, 6.07) is 0.219. The summed E-state index contributed by atoms with van der Waals surface area (Å²) in [5.41, 5.74) is 6.07. The molecule has 0 spiro atoms. The lowest BCUT2D eigenvalue weighted by Crippen LogP contribution is -2.43. The maximum atomic E-state index is 12.0. The van der Waals surface area contributed by atoms with Gasteiger partial charge in [0.05, 0.1) is 0 Å². The Balaban J connectivity index is 1.88. The highest BCUT2D eigenvalue weighted by Gasteiger charge is 2.40. The van der Waals surface area contributed by atoms with Gasteiger partial charge in [0, 0.05) is 17.5 Å². The SMILES string of the molecule is CC1CC(N)CC(C(=O)NC2(C)CC2)C1. The molecule has 3 N–H and O–H groups in total. The molecule has 2 saturated carbocycles. The molecule has 15 heavy (non-hydrogen) atoms. The van der Waals surface area contributed by atoms with Gasteiger partial charge in [0.15, 0.2) is 0 Å². The van der Waals surface area contributed by atoms with Crippen molar-refractivity contribution in [1.82, 2.24) is 5.32 Å². The van der Waals surface area contributed by atoms with E-state index in [1.54, 1.807) is 0 Å². The minimum Gasteiger partial charge on any atom is -0.351 e. The molecule has 3 heteroatoms. The molecule has 2 aliphatic carbocycles. The Morgan fingerprint density at radius 3 is 2.53 bits per heavy atom. The van der Waals surface area contributed by atoms with Crippen LogP contribution in [0.5, 0.6) is 0 Å². The highest BCUT2D eigenvalue weighted by atomic mass is 16.2. The van der Waals surface area contributed by atoms with Crippen LogP contribution in [0.1, 0.15) is 46.0 Å². The highest BCUT2D eigenvalue weighted by Crippen LogP contribution is 2.36. The number of rotatable bonds is 2. The predicted octanol–water partition coefficient (Wildman–Crippen LogP) is 1.42. The third-order valence-corrected chi connectivity index (χ3v) is 3.78. The first-order valence-corrected chi connectivity index (χ1v) is 6.06. The molecule has 2 aliphatic rings. The minimum atomic E-state index is 0.113. The molecule has 3 nitrogen and oxygen atoms in total. The maximum absolute atomic E-state index is 12.0. The zero-order valence-corrected chi connectivity index (χ0v) is 9.75. The lowest BCUT2D eigenvalue weighted by molar-refractivity contribution is -0.127. The molecule has 2 fully saturated rings. The molecule has 3 unspecified atom stereocenters. The molecule has 0 aromatic rings. The van der Waals surface area contributed by atoms with Gasteiger partial charge in [-0.3, -0.25) is 4.79 Å². The summed E-state index contributed by atoms with van der Waals surface area (Å²) in [4.78, 5) is 12.0. The van der Waals surface area contributed by atoms with Crippen LogP contribution in [0.25, 0.3) is 0 Å². The average Bonchev–Trinajstić information content (AvgIpc) is 2.81. The molecule has 0 bridgehead atoms. The fourth-order valence-corrected chi connectivity index (χ4v) is 2.58. The van der Waals surface area contributed by atoms with Crippen molar-refractivity contribution in [3.63, 3.8) is 0 Å². The first-order valence-electron chi connectivity index (χ1n) is 6.06. The Kier molecular flexibility index (Phi) is 2.75. The normalized spacial score (nSPS) is 38.5. The third kappa shape index (κ3) is 2.71. The van der Waals surface area contributed by atoms with E-state index in [0.29, 0.717) is 5.92 Å². The van der Waals surface area contributed by atoms with Gasteiger partial charge in [-0.05, 0) is 44.9 Å². The van der Waals surface area contributed by atoms with E-state index in [1.807, 2.05) is 0 Å². The van der Waals surface area contributed by atoms with Gasteiger partial charge in [0.1, 0.15) is 0 Å². The van der Waals surface area contributed by atoms with Gasteiger partial charge >= 0.3 is 0 Å². The largest absolute Gasteiger partial charge is 0.351 e. The molecule has 2 rings (SSSR count). The Morgan fingerprint density at radius 2 is 2.00 bits per heavy atom. The Bertz CT molecular complexity index is 250. The molecule has 0 heterocycles. The van der Waals surface area contributed by atoms with Crippen molar-refractivity contribution in [1.29, 1.82) is 0 Å². The molecule has 0 aromatic heterocycles. The van der Waals surface area contributed by atoms with Gasteiger partial charge in [0.25, 0.3) is 0 Å². The van der Waals surface area contributed by atoms with E-state index >= 15 is 0 Å². The van der Waals surface area contributed by atoms with E-state index in [-0.39, 0.29) is 23.4 Å². The quantitative estimate of drug-likeness (QED) is 0.724. The number of nitrogens with one attached hydrogen (secondary N) is 1. The zero-order chi connectivity index (χ0) is 11.1. The monoisotopic (exact) mass is 210 g/mol. The molecule has 86 valence electrons. The summed E-state index contributed by atoms with van der Waals surface area (Å²) < 4.78 is 0. The number of nitrogens with two attached hydrogens (primary N) is 1. The fourth-order valence-electron chi connectivity index (χ4n) is 2.58. The number of hydrogen-bond donors (Lipinski definition) is 2. The van der Waals surface area contributed by atoms with E-state index in [0.717, 1.165) is 32.1 Å². The summed E-state index contributed by atoms with van der Waals surface area (Å²) in [5.74, 6) is 0.981. The van der Waals surface area contributed by atoms with Gasteiger partial charge in [-0.1, -0.05) is 6.92 Å². The van der Waals surface area contributed by atoms with Gasteiger partial charge in [-0.15, -0.1) is 0 Å². The van der Waals surface area contributed by atoms with E-state index in [1.165, 1.54) is 0 Å². The molecular weight excluding hydrogens is 188 g/mol. The van der Waals surface area contributed by atoms with Crippen molar-refractivity contribution < 1.29 is 4.79 Å². The summed E-state index contributed by atoms with van der Waals surface area (Å²) in [6.07, 6.45) is 5.21. The number of carbonyl (C=O) groups excluding carboxylic acids is 1. The second-order valence-corrected chi connectivity index (χ2v) is 5.82. The van der Waals surface area contributed by atoms with Crippen LogP contribution in [-0.2, 0) is 4.79 Å². The van der Waals surface area contributed by atoms with Crippen LogP contribution >= 0.6 is 0 Å². The molecule has 0 saturated heterocycles. The Hall–Kier alpha value is -0.570. The van der Waals surface area contributed by atoms with Gasteiger partial charge in [-0.25, -0.2) is 0 Å². The van der Waals surface area contributed by atoms with Crippen molar-refractivity contribution >= 4 is 5.91 Å². The van der Waals surface area contributed by atoms with Crippen molar-refractivity contribution in [3.8, 4) is 0 Å². The lowest BCUT2D eigenvalue weighted by atomic mass is 9.79. The van der Waals surface area contributed by atoms with Crippen molar-refractivity contribution in [3.05, 3.63) is 0 Å². The smallest absolute Gasteiger partial charge is 0.223 e. The van der Waals surface area contributed by atoms with Gasteiger partial charge < -0.3 is 11.1 Å². The molecular formula is C12H22N2O. The molecule has 0 aromatic carbocycles. The third-order valence-electron chi connectivity index (χ3n) is 3.78. The summed E-state index contributed by atoms with van der Waals surface area (Å²) in [5, 5.41) is 3.15. The first kappa shape index (κ1) is 10.9. The highest BCUT2D eigenvalue weighted by molar-refractivity contribution is 5.80. The second-order valence-electron chi connectivity index (χ2n) is 5.82. The van der Waals surface area contributed by atoms with Crippen LogP contribution in [0, 0.1) is 11.8 Å². The van der Waals surface area contributed by atoms with Crippen molar-refractivity contribution in [2.45, 2.75) is 57.5 Å². The van der Waals surface area contributed by atoms with E-state index in [4.69, 9.17) is 5.73 Å². The van der Waals surface area contributed by atoms with E-state index < -0.39 is 0 Å². The number of amides is 1. The molecule has 1 amide bonds. The number of hydrogen-bond acceptors (Lipinski definition) is 2. The van der Waals surface area contributed by atoms with Gasteiger partial charge in [0.2, 0.25) is 5.91 Å². The lowest BCUT2D eigenvalue weighted by Gasteiger charge is -2.31. The van der Waals surface area contributed by atoms with Crippen LogP contribution in [-0.4, -0.2) is 17.5 Å². The van der Waals surface area contributed by atoms with Crippen molar-refractivity contribution in [2.24, 2.45) is 17.6 Å². The maximum Gasteiger partial charge on any atom is 0.223 e. The summed E-state index contributed by atoms with van der Waals surface area (Å²) >= 11 is 0. The molecule has 3 atom stereocenters. The summed E-state index contributed by atoms with van der Waals surface area (Å²) in [7, 11) is 0. The molecule has 0 radical (unpaired) electrons. The van der Waals surface area contributed by atoms with E-state index in [9.17, 15) is 4.79 Å².